The lowest BCUT2D eigenvalue weighted by molar-refractivity contribution is -0.119. The molecule has 0 saturated carbocycles. The molecule has 0 aromatic heterocycles. The van der Waals surface area contributed by atoms with Gasteiger partial charge in [0.05, 0.1) is 6.04 Å². The van der Waals surface area contributed by atoms with E-state index in [9.17, 15) is 4.79 Å². The Morgan fingerprint density at radius 3 is 3.00 bits per heavy atom. The second-order valence-electron chi connectivity index (χ2n) is 3.80. The average molecular weight is 269 g/mol. The molecule has 1 aliphatic heterocycles. The molecule has 1 aromatic rings. The van der Waals surface area contributed by atoms with Crippen molar-refractivity contribution in [2.45, 2.75) is 19.4 Å². The van der Waals surface area contributed by atoms with Crippen LogP contribution < -0.4 is 10.6 Å². The number of nitrogens with two attached hydrogens (primary N) is 1. The van der Waals surface area contributed by atoms with Crippen LogP contribution >= 0.6 is 15.9 Å². The quantitative estimate of drug-likeness (QED) is 0.843. The Labute approximate surface area is 97.4 Å². The topological polar surface area (TPSA) is 46.3 Å². The van der Waals surface area contributed by atoms with Crippen LogP contribution in [0.15, 0.2) is 22.7 Å². The fourth-order valence-corrected chi connectivity index (χ4v) is 2.25. The molecule has 0 saturated heterocycles. The SMILES string of the molecule is CC(N)C(=O)N1CCc2cc(Br)ccc21. The van der Waals surface area contributed by atoms with Crippen molar-refractivity contribution < 1.29 is 4.79 Å². The Hall–Kier alpha value is -0.870. The lowest BCUT2D eigenvalue weighted by atomic mass is 10.2. The van der Waals surface area contributed by atoms with Gasteiger partial charge in [0.25, 0.3) is 0 Å². The van der Waals surface area contributed by atoms with Gasteiger partial charge in [-0.25, -0.2) is 0 Å². The summed E-state index contributed by atoms with van der Waals surface area (Å²) in [5.41, 5.74) is 7.81. The summed E-state index contributed by atoms with van der Waals surface area (Å²) in [6.45, 7) is 2.46. The van der Waals surface area contributed by atoms with Gasteiger partial charge >= 0.3 is 0 Å². The highest BCUT2D eigenvalue weighted by Gasteiger charge is 2.26. The van der Waals surface area contributed by atoms with Gasteiger partial charge in [0, 0.05) is 16.7 Å². The van der Waals surface area contributed by atoms with Crippen molar-refractivity contribution in [3.63, 3.8) is 0 Å². The summed E-state index contributed by atoms with van der Waals surface area (Å²) in [6.07, 6.45) is 0.910. The molecule has 3 nitrogen and oxygen atoms in total. The second kappa shape index (κ2) is 3.94. The summed E-state index contributed by atoms with van der Waals surface area (Å²) < 4.78 is 1.05. The first-order chi connectivity index (χ1) is 7.09. The molecule has 0 spiro atoms. The minimum absolute atomic E-state index is 0.00364. The van der Waals surface area contributed by atoms with E-state index in [-0.39, 0.29) is 5.91 Å². The average Bonchev–Trinajstić information content (AvgIpc) is 2.59. The number of carbonyl (C=O) groups is 1. The van der Waals surface area contributed by atoms with E-state index >= 15 is 0 Å². The predicted molar refractivity (Wildman–Crippen MR) is 63.8 cm³/mol. The number of rotatable bonds is 1. The first-order valence-corrected chi connectivity index (χ1v) is 5.74. The predicted octanol–water partition coefficient (Wildman–Crippen LogP) is 1.69. The Morgan fingerprint density at radius 1 is 1.60 bits per heavy atom. The van der Waals surface area contributed by atoms with Crippen LogP contribution in [0.4, 0.5) is 5.69 Å². The first-order valence-electron chi connectivity index (χ1n) is 4.95. The van der Waals surface area contributed by atoms with Gasteiger partial charge in [-0.15, -0.1) is 0 Å². The van der Waals surface area contributed by atoms with Crippen LogP contribution in [0.25, 0.3) is 0 Å². The summed E-state index contributed by atoms with van der Waals surface area (Å²) in [6, 6.07) is 5.54. The maximum absolute atomic E-state index is 11.8. The Bertz CT molecular complexity index is 404. The Balaban J connectivity index is 2.33. The molecule has 0 bridgehead atoms. The highest BCUT2D eigenvalue weighted by molar-refractivity contribution is 9.10. The maximum atomic E-state index is 11.8. The van der Waals surface area contributed by atoms with Crippen LogP contribution in [-0.2, 0) is 11.2 Å². The van der Waals surface area contributed by atoms with E-state index < -0.39 is 6.04 Å². The van der Waals surface area contributed by atoms with Crippen molar-refractivity contribution in [1.82, 2.24) is 0 Å². The molecule has 0 radical (unpaired) electrons. The highest BCUT2D eigenvalue weighted by atomic mass is 79.9. The lowest BCUT2D eigenvalue weighted by Gasteiger charge is -2.19. The van der Waals surface area contributed by atoms with E-state index in [1.165, 1.54) is 5.56 Å². The molecule has 15 heavy (non-hydrogen) atoms. The fourth-order valence-electron chi connectivity index (χ4n) is 1.85. The maximum Gasteiger partial charge on any atom is 0.243 e. The van der Waals surface area contributed by atoms with Crippen LogP contribution in [0.2, 0.25) is 0 Å². The number of fused-ring (bicyclic) bond motifs is 1. The molecule has 0 aliphatic carbocycles. The monoisotopic (exact) mass is 268 g/mol. The van der Waals surface area contributed by atoms with Crippen LogP contribution in [-0.4, -0.2) is 18.5 Å². The number of carbonyl (C=O) groups excluding carboxylic acids is 1. The van der Waals surface area contributed by atoms with E-state index in [4.69, 9.17) is 5.73 Å². The molecule has 80 valence electrons. The van der Waals surface area contributed by atoms with E-state index in [0.29, 0.717) is 0 Å². The number of hydrogen-bond donors (Lipinski definition) is 1. The zero-order chi connectivity index (χ0) is 11.0. The largest absolute Gasteiger partial charge is 0.320 e. The number of halogens is 1. The zero-order valence-electron chi connectivity index (χ0n) is 8.53. The summed E-state index contributed by atoms with van der Waals surface area (Å²) in [5.74, 6) is -0.00364. The van der Waals surface area contributed by atoms with Crippen LogP contribution in [0.3, 0.4) is 0 Å². The Kier molecular flexibility index (Phi) is 2.80. The lowest BCUT2D eigenvalue weighted by Crippen LogP contribution is -2.41. The third-order valence-corrected chi connectivity index (χ3v) is 3.09. The number of benzene rings is 1. The summed E-state index contributed by atoms with van der Waals surface area (Å²) >= 11 is 3.42. The highest BCUT2D eigenvalue weighted by Crippen LogP contribution is 2.30. The molecular formula is C11H13BrN2O. The minimum atomic E-state index is -0.431. The fraction of sp³-hybridized carbons (Fsp3) is 0.364. The number of amides is 1. The van der Waals surface area contributed by atoms with Gasteiger partial charge in [-0.1, -0.05) is 15.9 Å². The summed E-state index contributed by atoms with van der Waals surface area (Å²) in [7, 11) is 0. The molecule has 1 amide bonds. The van der Waals surface area contributed by atoms with Crippen molar-refractivity contribution in [2.75, 3.05) is 11.4 Å². The van der Waals surface area contributed by atoms with Crippen LogP contribution in [0.1, 0.15) is 12.5 Å². The van der Waals surface area contributed by atoms with Gasteiger partial charge in [-0.05, 0) is 37.1 Å². The summed E-state index contributed by atoms with van der Waals surface area (Å²) in [5, 5.41) is 0. The third-order valence-electron chi connectivity index (χ3n) is 2.59. The van der Waals surface area contributed by atoms with E-state index in [1.807, 2.05) is 12.1 Å². The van der Waals surface area contributed by atoms with Crippen molar-refractivity contribution in [3.8, 4) is 0 Å². The van der Waals surface area contributed by atoms with Crippen LogP contribution in [0.5, 0.6) is 0 Å². The molecule has 4 heteroatoms. The van der Waals surface area contributed by atoms with Gasteiger partial charge in [-0.2, -0.15) is 0 Å². The van der Waals surface area contributed by atoms with E-state index in [2.05, 4.69) is 22.0 Å². The molecule has 1 aromatic carbocycles. The summed E-state index contributed by atoms with van der Waals surface area (Å²) in [4.78, 5) is 13.6. The van der Waals surface area contributed by atoms with E-state index in [0.717, 1.165) is 23.1 Å². The second-order valence-corrected chi connectivity index (χ2v) is 4.72. The van der Waals surface area contributed by atoms with Gasteiger partial charge in [0.2, 0.25) is 5.91 Å². The molecule has 1 atom stereocenters. The van der Waals surface area contributed by atoms with Gasteiger partial charge < -0.3 is 10.6 Å². The van der Waals surface area contributed by atoms with Gasteiger partial charge in [-0.3, -0.25) is 4.79 Å². The smallest absolute Gasteiger partial charge is 0.243 e. The molecule has 0 fully saturated rings. The normalized spacial score (nSPS) is 16.3. The number of nitrogens with zero attached hydrogens (tertiary/aromatic N) is 1. The van der Waals surface area contributed by atoms with Crippen molar-refractivity contribution in [2.24, 2.45) is 5.73 Å². The number of anilines is 1. The van der Waals surface area contributed by atoms with E-state index in [1.54, 1.807) is 11.8 Å². The molecule has 1 unspecified atom stereocenters. The zero-order valence-corrected chi connectivity index (χ0v) is 10.1. The van der Waals surface area contributed by atoms with Crippen molar-refractivity contribution in [3.05, 3.63) is 28.2 Å². The molecule has 1 aliphatic rings. The van der Waals surface area contributed by atoms with Crippen molar-refractivity contribution in [1.29, 1.82) is 0 Å². The third kappa shape index (κ3) is 1.92. The minimum Gasteiger partial charge on any atom is -0.320 e. The van der Waals surface area contributed by atoms with Gasteiger partial charge in [0.15, 0.2) is 0 Å². The molecule has 1 heterocycles. The molecule has 2 rings (SSSR count). The molecule has 2 N–H and O–H groups in total. The first kappa shape index (κ1) is 10.6. The number of hydrogen-bond acceptors (Lipinski definition) is 2. The molecular weight excluding hydrogens is 256 g/mol. The van der Waals surface area contributed by atoms with Crippen molar-refractivity contribution >= 4 is 27.5 Å². The Morgan fingerprint density at radius 2 is 2.33 bits per heavy atom. The van der Waals surface area contributed by atoms with Gasteiger partial charge in [0.1, 0.15) is 0 Å². The van der Waals surface area contributed by atoms with Crippen LogP contribution in [0, 0.1) is 0 Å². The standard InChI is InChI=1S/C11H13BrN2O/c1-7(13)11(15)14-5-4-8-6-9(12)2-3-10(8)14/h2-3,6-7H,4-5,13H2,1H3.